The minimum absolute atomic E-state index is 0.0192. The molecule has 5 rings (SSSR count). The Morgan fingerprint density at radius 2 is 1.50 bits per heavy atom. The Labute approximate surface area is 215 Å². The maximum Gasteiger partial charge on any atom is 0.184 e. The van der Waals surface area contributed by atoms with Crippen LogP contribution in [-0.2, 0) is 24.8 Å². The Kier molecular flexibility index (Phi) is 7.24. The van der Waals surface area contributed by atoms with E-state index in [1.165, 1.54) is 28.8 Å². The van der Waals surface area contributed by atoms with Gasteiger partial charge in [-0.05, 0) is 54.5 Å². The SMILES string of the molecule is Clc1ccc(C2(c3csc(=NCCc4ccccc4)n3CCc3ccccc3)CCC2)cc1Cl. The van der Waals surface area contributed by atoms with Crippen molar-refractivity contribution in [3.63, 3.8) is 0 Å². The van der Waals surface area contributed by atoms with Gasteiger partial charge in [0.2, 0.25) is 0 Å². The van der Waals surface area contributed by atoms with Crippen LogP contribution in [0.4, 0.5) is 0 Å². The molecule has 1 saturated carbocycles. The van der Waals surface area contributed by atoms with Crippen molar-refractivity contribution in [2.24, 2.45) is 4.99 Å². The number of hydrogen-bond acceptors (Lipinski definition) is 2. The average Bonchev–Trinajstić information content (AvgIpc) is 3.23. The lowest BCUT2D eigenvalue weighted by Gasteiger charge is -2.43. The molecule has 34 heavy (non-hydrogen) atoms. The molecule has 5 heteroatoms. The fraction of sp³-hybridized carbons (Fsp3) is 0.276. The van der Waals surface area contributed by atoms with Gasteiger partial charge in [-0.1, -0.05) is 96.4 Å². The van der Waals surface area contributed by atoms with Crippen LogP contribution in [0.25, 0.3) is 0 Å². The van der Waals surface area contributed by atoms with Crippen molar-refractivity contribution in [3.05, 3.63) is 121 Å². The van der Waals surface area contributed by atoms with Crippen molar-refractivity contribution in [2.75, 3.05) is 6.54 Å². The Hall–Kier alpha value is -2.33. The van der Waals surface area contributed by atoms with Gasteiger partial charge in [-0.2, -0.15) is 0 Å². The van der Waals surface area contributed by atoms with Crippen molar-refractivity contribution in [1.29, 1.82) is 0 Å². The molecule has 1 aliphatic carbocycles. The molecule has 0 atom stereocenters. The van der Waals surface area contributed by atoms with Crippen molar-refractivity contribution in [1.82, 2.24) is 4.57 Å². The molecule has 0 spiro atoms. The predicted molar refractivity (Wildman–Crippen MR) is 144 cm³/mol. The summed E-state index contributed by atoms with van der Waals surface area (Å²) in [5.74, 6) is 0. The van der Waals surface area contributed by atoms with Gasteiger partial charge < -0.3 is 4.57 Å². The summed E-state index contributed by atoms with van der Waals surface area (Å²) < 4.78 is 2.46. The number of benzene rings is 3. The Morgan fingerprint density at radius 1 is 0.824 bits per heavy atom. The third-order valence-corrected chi connectivity index (χ3v) is 8.56. The fourth-order valence-corrected chi connectivity index (χ4v) is 6.23. The van der Waals surface area contributed by atoms with E-state index in [0.717, 1.165) is 43.6 Å². The zero-order valence-corrected chi connectivity index (χ0v) is 21.4. The molecule has 1 aromatic heterocycles. The molecule has 0 aliphatic heterocycles. The average molecular weight is 508 g/mol. The van der Waals surface area contributed by atoms with Gasteiger partial charge in [0, 0.05) is 29.6 Å². The minimum atomic E-state index is -0.0192. The molecule has 2 nitrogen and oxygen atoms in total. The Morgan fingerprint density at radius 3 is 2.12 bits per heavy atom. The molecular formula is C29H28Cl2N2S. The molecule has 0 N–H and O–H groups in total. The van der Waals surface area contributed by atoms with E-state index in [1.54, 1.807) is 11.3 Å². The van der Waals surface area contributed by atoms with Gasteiger partial charge in [0.15, 0.2) is 4.80 Å². The number of hydrogen-bond donors (Lipinski definition) is 0. The van der Waals surface area contributed by atoms with Gasteiger partial charge in [0.25, 0.3) is 0 Å². The van der Waals surface area contributed by atoms with Crippen LogP contribution in [0.1, 0.15) is 41.6 Å². The van der Waals surface area contributed by atoms with Gasteiger partial charge in [-0.15, -0.1) is 11.3 Å². The van der Waals surface area contributed by atoms with E-state index in [1.807, 2.05) is 6.07 Å². The highest BCUT2D eigenvalue weighted by molar-refractivity contribution is 7.07. The number of halogens is 2. The topological polar surface area (TPSA) is 17.3 Å². The van der Waals surface area contributed by atoms with E-state index >= 15 is 0 Å². The second-order valence-electron chi connectivity index (χ2n) is 8.97. The molecule has 3 aromatic carbocycles. The molecule has 1 heterocycles. The van der Waals surface area contributed by atoms with Crippen LogP contribution in [0, 0.1) is 0 Å². The predicted octanol–water partition coefficient (Wildman–Crippen LogP) is 7.71. The van der Waals surface area contributed by atoms with E-state index in [4.69, 9.17) is 28.2 Å². The van der Waals surface area contributed by atoms with E-state index in [0.29, 0.717) is 10.0 Å². The molecule has 0 bridgehead atoms. The van der Waals surface area contributed by atoms with Crippen LogP contribution in [-0.4, -0.2) is 11.1 Å². The number of aromatic nitrogens is 1. The summed E-state index contributed by atoms with van der Waals surface area (Å²) in [5, 5.41) is 3.57. The molecule has 174 valence electrons. The smallest absolute Gasteiger partial charge is 0.184 e. The summed E-state index contributed by atoms with van der Waals surface area (Å²) in [5.41, 5.74) is 5.27. The fourth-order valence-electron chi connectivity index (χ4n) is 4.88. The molecule has 4 aromatic rings. The largest absolute Gasteiger partial charge is 0.320 e. The molecule has 1 fully saturated rings. The van der Waals surface area contributed by atoms with Gasteiger partial charge in [0.05, 0.1) is 10.0 Å². The van der Waals surface area contributed by atoms with Crippen LogP contribution in [0.5, 0.6) is 0 Å². The lowest BCUT2D eigenvalue weighted by molar-refractivity contribution is 0.282. The van der Waals surface area contributed by atoms with Crippen LogP contribution in [0.15, 0.2) is 89.2 Å². The van der Waals surface area contributed by atoms with E-state index in [-0.39, 0.29) is 5.41 Å². The molecule has 0 unspecified atom stereocenters. The maximum absolute atomic E-state index is 6.45. The minimum Gasteiger partial charge on any atom is -0.320 e. The zero-order valence-electron chi connectivity index (χ0n) is 19.1. The zero-order chi connectivity index (χ0) is 23.4. The van der Waals surface area contributed by atoms with Crippen molar-refractivity contribution >= 4 is 34.5 Å². The first-order valence-electron chi connectivity index (χ1n) is 11.9. The third kappa shape index (κ3) is 4.88. The van der Waals surface area contributed by atoms with Crippen molar-refractivity contribution in [2.45, 2.75) is 44.1 Å². The lowest BCUT2D eigenvalue weighted by atomic mass is 9.62. The molecule has 0 amide bonds. The van der Waals surface area contributed by atoms with Gasteiger partial charge >= 0.3 is 0 Å². The highest BCUT2D eigenvalue weighted by Gasteiger charge is 2.43. The van der Waals surface area contributed by atoms with E-state index < -0.39 is 0 Å². The Bertz CT molecular complexity index is 1300. The monoisotopic (exact) mass is 506 g/mol. The summed E-state index contributed by atoms with van der Waals surface area (Å²) in [4.78, 5) is 6.17. The second-order valence-corrected chi connectivity index (χ2v) is 10.6. The van der Waals surface area contributed by atoms with Crippen LogP contribution in [0.3, 0.4) is 0 Å². The first-order valence-corrected chi connectivity index (χ1v) is 13.5. The highest BCUT2D eigenvalue weighted by atomic mass is 35.5. The van der Waals surface area contributed by atoms with Gasteiger partial charge in [-0.25, -0.2) is 0 Å². The molecular weight excluding hydrogens is 479 g/mol. The maximum atomic E-state index is 6.45. The number of nitrogens with zero attached hydrogens (tertiary/aromatic N) is 2. The summed E-state index contributed by atoms with van der Waals surface area (Å²) in [7, 11) is 0. The number of aryl methyl sites for hydroxylation is 1. The van der Waals surface area contributed by atoms with Gasteiger partial charge in [0.1, 0.15) is 0 Å². The number of rotatable bonds is 8. The van der Waals surface area contributed by atoms with Crippen LogP contribution < -0.4 is 4.80 Å². The number of thiazole rings is 1. The van der Waals surface area contributed by atoms with E-state index in [9.17, 15) is 0 Å². The standard InChI is InChI=1S/C29H28Cl2N2S/c30-25-13-12-24(20-26(25)31)29(16-7-17-29)27-21-34-28(32-18-14-22-8-3-1-4-9-22)33(27)19-15-23-10-5-2-6-11-23/h1-6,8-13,20-21H,7,14-19H2. The molecule has 1 aliphatic rings. The summed E-state index contributed by atoms with van der Waals surface area (Å²) in [6, 6.07) is 27.5. The third-order valence-electron chi connectivity index (χ3n) is 6.92. The summed E-state index contributed by atoms with van der Waals surface area (Å²) >= 11 is 14.5. The highest BCUT2D eigenvalue weighted by Crippen LogP contribution is 2.50. The van der Waals surface area contributed by atoms with Crippen LogP contribution in [0.2, 0.25) is 10.0 Å². The quantitative estimate of drug-likeness (QED) is 0.232. The van der Waals surface area contributed by atoms with Gasteiger partial charge in [-0.3, -0.25) is 4.99 Å². The normalized spacial score (nSPS) is 15.3. The van der Waals surface area contributed by atoms with Crippen molar-refractivity contribution in [3.8, 4) is 0 Å². The second kappa shape index (κ2) is 10.5. The summed E-state index contributed by atoms with van der Waals surface area (Å²) in [6.45, 7) is 1.70. The van der Waals surface area contributed by atoms with Crippen molar-refractivity contribution < 1.29 is 0 Å². The Balaban J connectivity index is 1.50. The van der Waals surface area contributed by atoms with Crippen LogP contribution >= 0.6 is 34.5 Å². The molecule has 0 saturated heterocycles. The summed E-state index contributed by atoms with van der Waals surface area (Å²) in [6.07, 6.45) is 5.39. The molecule has 0 radical (unpaired) electrons. The van der Waals surface area contributed by atoms with E-state index in [2.05, 4.69) is 82.7 Å². The lowest BCUT2D eigenvalue weighted by Crippen LogP contribution is -2.39. The first kappa shape index (κ1) is 23.4. The first-order chi connectivity index (χ1) is 16.7.